The van der Waals surface area contributed by atoms with Gasteiger partial charge in [-0.05, 0) is 24.6 Å². The molecule has 0 aliphatic carbocycles. The first-order valence-corrected chi connectivity index (χ1v) is 8.03. The highest BCUT2D eigenvalue weighted by molar-refractivity contribution is 5.91. The summed E-state index contributed by atoms with van der Waals surface area (Å²) in [5, 5.41) is 4.61. The molecule has 1 aromatic carbocycles. The molecule has 0 spiro atoms. The molecule has 0 fully saturated rings. The molecule has 0 aliphatic rings. The number of aromatic nitrogens is 1. The zero-order chi connectivity index (χ0) is 15.9. The fraction of sp³-hybridized carbons (Fsp3) is 0.500. The molecule has 1 heterocycles. The molecule has 0 saturated carbocycles. The molecule has 1 N–H and O–H groups in total. The summed E-state index contributed by atoms with van der Waals surface area (Å²) in [5.41, 5.74) is 2.03. The molecule has 2 rings (SSSR count). The summed E-state index contributed by atoms with van der Waals surface area (Å²) in [6.07, 6.45) is 1.83. The average Bonchev–Trinajstić information content (AvgIpc) is 2.53. The van der Waals surface area contributed by atoms with Crippen LogP contribution in [0.25, 0.3) is 10.9 Å². The number of anilines is 1. The van der Waals surface area contributed by atoms with Gasteiger partial charge in [-0.3, -0.25) is 4.98 Å². The summed E-state index contributed by atoms with van der Waals surface area (Å²) < 4.78 is 5.39. The number of hydrogen-bond donors (Lipinski definition) is 1. The fourth-order valence-corrected chi connectivity index (χ4v) is 2.66. The van der Waals surface area contributed by atoms with Crippen molar-refractivity contribution in [1.82, 2.24) is 9.88 Å². The Morgan fingerprint density at radius 1 is 1.30 bits per heavy atom. The second kappa shape index (κ2) is 9.58. The number of rotatable bonds is 8. The molecule has 128 valence electrons. The monoisotopic (exact) mass is 337 g/mol. The predicted octanol–water partition coefficient (Wildman–Crippen LogP) is 4.06. The Morgan fingerprint density at radius 2 is 2.09 bits per heavy atom. The molecule has 5 heteroatoms. The first-order chi connectivity index (χ1) is 10.6. The first-order valence-electron chi connectivity index (χ1n) is 8.03. The number of pyridine rings is 1. The quantitative estimate of drug-likeness (QED) is 0.788. The number of benzene rings is 1. The van der Waals surface area contributed by atoms with Crippen LogP contribution in [0.4, 0.5) is 5.69 Å². The van der Waals surface area contributed by atoms with E-state index in [1.807, 2.05) is 24.4 Å². The van der Waals surface area contributed by atoms with E-state index in [1.54, 1.807) is 7.11 Å². The molecule has 1 aromatic heterocycles. The van der Waals surface area contributed by atoms with E-state index in [1.165, 1.54) is 0 Å². The zero-order valence-electron chi connectivity index (χ0n) is 14.5. The average molecular weight is 338 g/mol. The summed E-state index contributed by atoms with van der Waals surface area (Å²) in [6, 6.07) is 8.05. The Bertz CT molecular complexity index is 604. The van der Waals surface area contributed by atoms with Crippen molar-refractivity contribution in [2.75, 3.05) is 38.6 Å². The van der Waals surface area contributed by atoms with Crippen molar-refractivity contribution in [3.63, 3.8) is 0 Å². The van der Waals surface area contributed by atoms with Crippen molar-refractivity contribution >= 4 is 29.0 Å². The van der Waals surface area contributed by atoms with Gasteiger partial charge in [-0.2, -0.15) is 0 Å². The minimum Gasteiger partial charge on any atom is -0.497 e. The predicted molar refractivity (Wildman–Crippen MR) is 101 cm³/mol. The maximum Gasteiger partial charge on any atom is 0.121 e. The molecule has 0 aliphatic heterocycles. The molecule has 0 amide bonds. The number of halogens is 1. The minimum atomic E-state index is 0. The van der Waals surface area contributed by atoms with Crippen LogP contribution >= 0.6 is 12.4 Å². The van der Waals surface area contributed by atoms with E-state index >= 15 is 0 Å². The van der Waals surface area contributed by atoms with E-state index in [0.29, 0.717) is 5.92 Å². The van der Waals surface area contributed by atoms with Gasteiger partial charge in [0, 0.05) is 37.3 Å². The van der Waals surface area contributed by atoms with Crippen molar-refractivity contribution in [1.29, 1.82) is 0 Å². The molecule has 2 aromatic rings. The van der Waals surface area contributed by atoms with E-state index in [9.17, 15) is 0 Å². The number of nitrogens with one attached hydrogen (secondary N) is 1. The third kappa shape index (κ3) is 5.56. The van der Waals surface area contributed by atoms with Crippen LogP contribution in [0.15, 0.2) is 30.5 Å². The number of nitrogens with zero attached hydrogens (tertiary/aromatic N) is 2. The van der Waals surface area contributed by atoms with Crippen molar-refractivity contribution in [2.45, 2.75) is 20.8 Å². The third-order valence-corrected chi connectivity index (χ3v) is 3.73. The lowest BCUT2D eigenvalue weighted by Gasteiger charge is -2.23. The summed E-state index contributed by atoms with van der Waals surface area (Å²) in [4.78, 5) is 6.96. The molecular formula is C18H28ClN3O. The van der Waals surface area contributed by atoms with Crippen LogP contribution < -0.4 is 10.1 Å². The zero-order valence-corrected chi connectivity index (χ0v) is 15.3. The second-order valence-corrected chi connectivity index (χ2v) is 5.96. The molecule has 0 atom stereocenters. The highest BCUT2D eigenvalue weighted by atomic mass is 35.5. The lowest BCUT2D eigenvalue weighted by Crippen LogP contribution is -2.32. The van der Waals surface area contributed by atoms with Crippen LogP contribution in [0.2, 0.25) is 0 Å². The standard InChI is InChI=1S/C18H27N3O.ClH/c1-5-21(13-14(2)3)10-9-19-17-12-16(22-4)11-15-7-6-8-20-18(15)17;/h6-8,11-12,14,19H,5,9-10,13H2,1-4H3;1H. The number of hydrogen-bond acceptors (Lipinski definition) is 4. The maximum atomic E-state index is 5.39. The summed E-state index contributed by atoms with van der Waals surface area (Å²) in [6.45, 7) is 10.9. The number of fused-ring (bicyclic) bond motifs is 1. The van der Waals surface area contributed by atoms with Crippen molar-refractivity contribution in [2.24, 2.45) is 5.92 Å². The Balaban J connectivity index is 0.00000264. The Morgan fingerprint density at radius 3 is 2.74 bits per heavy atom. The van der Waals surface area contributed by atoms with Gasteiger partial charge in [-0.15, -0.1) is 12.4 Å². The van der Waals surface area contributed by atoms with Gasteiger partial charge in [-0.25, -0.2) is 0 Å². The highest BCUT2D eigenvalue weighted by Gasteiger charge is 2.07. The number of ether oxygens (including phenoxy) is 1. The lowest BCUT2D eigenvalue weighted by atomic mass is 10.1. The van der Waals surface area contributed by atoms with Crippen LogP contribution in [-0.4, -0.2) is 43.2 Å². The van der Waals surface area contributed by atoms with Gasteiger partial charge in [0.1, 0.15) is 5.75 Å². The Hall–Kier alpha value is -1.52. The van der Waals surface area contributed by atoms with Gasteiger partial charge in [-0.1, -0.05) is 26.8 Å². The van der Waals surface area contributed by atoms with Crippen LogP contribution in [0, 0.1) is 5.92 Å². The van der Waals surface area contributed by atoms with E-state index in [0.717, 1.165) is 48.5 Å². The third-order valence-electron chi connectivity index (χ3n) is 3.73. The SMILES string of the molecule is CCN(CCNc1cc(OC)cc2cccnc12)CC(C)C.Cl. The fourth-order valence-electron chi connectivity index (χ4n) is 2.66. The van der Waals surface area contributed by atoms with E-state index < -0.39 is 0 Å². The van der Waals surface area contributed by atoms with Gasteiger partial charge in [0.2, 0.25) is 0 Å². The largest absolute Gasteiger partial charge is 0.497 e. The highest BCUT2D eigenvalue weighted by Crippen LogP contribution is 2.27. The summed E-state index contributed by atoms with van der Waals surface area (Å²) >= 11 is 0. The van der Waals surface area contributed by atoms with Crippen molar-refractivity contribution in [3.05, 3.63) is 30.5 Å². The molecule has 4 nitrogen and oxygen atoms in total. The van der Waals surface area contributed by atoms with Crippen molar-refractivity contribution in [3.8, 4) is 5.75 Å². The normalized spacial score (nSPS) is 10.9. The molecule has 0 unspecified atom stereocenters. The van der Waals surface area contributed by atoms with Crippen LogP contribution in [0.1, 0.15) is 20.8 Å². The van der Waals surface area contributed by atoms with E-state index in [4.69, 9.17) is 4.74 Å². The minimum absolute atomic E-state index is 0. The van der Waals surface area contributed by atoms with Crippen LogP contribution in [0.5, 0.6) is 5.75 Å². The Kier molecular flexibility index (Phi) is 8.13. The maximum absolute atomic E-state index is 5.39. The smallest absolute Gasteiger partial charge is 0.121 e. The van der Waals surface area contributed by atoms with Gasteiger partial charge in [0.25, 0.3) is 0 Å². The van der Waals surface area contributed by atoms with Gasteiger partial charge in [0.05, 0.1) is 18.3 Å². The van der Waals surface area contributed by atoms with Gasteiger partial charge < -0.3 is 15.0 Å². The van der Waals surface area contributed by atoms with Crippen LogP contribution in [-0.2, 0) is 0 Å². The number of likely N-dealkylation sites (N-methyl/N-ethyl adjacent to an activating group) is 1. The van der Waals surface area contributed by atoms with E-state index in [-0.39, 0.29) is 12.4 Å². The lowest BCUT2D eigenvalue weighted by molar-refractivity contribution is 0.265. The topological polar surface area (TPSA) is 37.4 Å². The van der Waals surface area contributed by atoms with Crippen molar-refractivity contribution < 1.29 is 4.74 Å². The first kappa shape index (κ1) is 19.5. The van der Waals surface area contributed by atoms with Gasteiger partial charge in [0.15, 0.2) is 0 Å². The van der Waals surface area contributed by atoms with E-state index in [2.05, 4.69) is 42.0 Å². The molecule has 23 heavy (non-hydrogen) atoms. The Labute approximate surface area is 145 Å². The molecule has 0 radical (unpaired) electrons. The van der Waals surface area contributed by atoms with Gasteiger partial charge >= 0.3 is 0 Å². The molecular weight excluding hydrogens is 310 g/mol. The van der Waals surface area contributed by atoms with Crippen LogP contribution in [0.3, 0.4) is 0 Å². The molecule has 0 saturated heterocycles. The summed E-state index contributed by atoms with van der Waals surface area (Å²) in [7, 11) is 1.70. The molecule has 0 bridgehead atoms. The second-order valence-electron chi connectivity index (χ2n) is 5.96. The summed E-state index contributed by atoms with van der Waals surface area (Å²) in [5.74, 6) is 1.55. The number of methoxy groups -OCH3 is 1.